The average molecular weight is 340 g/mol. The molecule has 2 aliphatic rings. The molecule has 1 aromatic carbocycles. The zero-order valence-electron chi connectivity index (χ0n) is 15.6. The maximum Gasteiger partial charge on any atom is 0.268 e. The van der Waals surface area contributed by atoms with Crippen molar-refractivity contribution >= 4 is 16.8 Å². The van der Waals surface area contributed by atoms with Gasteiger partial charge in [-0.1, -0.05) is 12.1 Å². The smallest absolute Gasteiger partial charge is 0.268 e. The topological polar surface area (TPSA) is 51.4 Å². The molecule has 0 radical (unpaired) electrons. The number of H-pyrrole nitrogens is 1. The zero-order chi connectivity index (χ0) is 17.7. The van der Waals surface area contributed by atoms with Gasteiger partial charge in [0, 0.05) is 49.2 Å². The minimum Gasteiger partial charge on any atom is -0.350 e. The van der Waals surface area contributed by atoms with Crippen LogP contribution in [0.4, 0.5) is 0 Å². The second kappa shape index (κ2) is 6.15. The molecule has 2 N–H and O–H groups in total. The number of nitrogens with one attached hydrogen (secondary N) is 2. The molecular formula is C20H28N4O. The maximum absolute atomic E-state index is 12.9. The van der Waals surface area contributed by atoms with Crippen molar-refractivity contribution in [3.8, 4) is 0 Å². The highest BCUT2D eigenvalue weighted by Crippen LogP contribution is 2.28. The van der Waals surface area contributed by atoms with Gasteiger partial charge in [0.2, 0.25) is 0 Å². The third-order valence-corrected chi connectivity index (χ3v) is 6.00. The van der Waals surface area contributed by atoms with Crippen molar-refractivity contribution in [1.82, 2.24) is 20.1 Å². The Morgan fingerprint density at radius 3 is 2.68 bits per heavy atom. The lowest BCUT2D eigenvalue weighted by Crippen LogP contribution is -2.48. The van der Waals surface area contributed by atoms with E-state index >= 15 is 0 Å². The van der Waals surface area contributed by atoms with Gasteiger partial charge in [-0.3, -0.25) is 9.69 Å². The molecule has 2 atom stereocenters. The number of carbonyl (C=O) groups excluding carboxylic acids is 1. The number of piperazine rings is 1. The summed E-state index contributed by atoms with van der Waals surface area (Å²) in [5.74, 6) is 0.0331. The van der Waals surface area contributed by atoms with Crippen LogP contribution in [0.15, 0.2) is 12.1 Å². The summed E-state index contributed by atoms with van der Waals surface area (Å²) < 4.78 is 0. The number of aromatic amines is 1. The Bertz CT molecular complexity index is 825. The summed E-state index contributed by atoms with van der Waals surface area (Å²) in [5, 5.41) is 4.47. The number of amides is 1. The van der Waals surface area contributed by atoms with Gasteiger partial charge in [-0.2, -0.15) is 0 Å². The van der Waals surface area contributed by atoms with Crippen molar-refractivity contribution in [1.29, 1.82) is 0 Å². The molecule has 25 heavy (non-hydrogen) atoms. The van der Waals surface area contributed by atoms with Crippen LogP contribution in [-0.4, -0.2) is 66.0 Å². The first-order valence-electron chi connectivity index (χ1n) is 9.26. The first kappa shape index (κ1) is 16.6. The molecule has 0 aliphatic carbocycles. The van der Waals surface area contributed by atoms with Gasteiger partial charge in [0.05, 0.1) is 0 Å². The lowest BCUT2D eigenvalue weighted by atomic mass is 10.0. The lowest BCUT2D eigenvalue weighted by molar-refractivity contribution is 0.0932. The number of likely N-dealkylation sites (N-methyl/N-ethyl adjacent to an activating group) is 1. The monoisotopic (exact) mass is 340 g/mol. The standard InChI is InChI=1S/C20H28N4O/c1-12-5-6-13(2)18-17(12)14(3)19(22-18)20(25)21-15-9-16-11-23(4)7-8-24(16)10-15/h5-6,15-16,22H,7-11H2,1-4H3,(H,21,25)/t15-,16-/m0/s1. The second-order valence-corrected chi connectivity index (χ2v) is 7.89. The van der Waals surface area contributed by atoms with Crippen molar-refractivity contribution in [2.75, 3.05) is 33.2 Å². The number of benzene rings is 1. The van der Waals surface area contributed by atoms with E-state index in [0.29, 0.717) is 6.04 Å². The van der Waals surface area contributed by atoms with Crippen LogP contribution in [-0.2, 0) is 0 Å². The molecule has 0 bridgehead atoms. The highest BCUT2D eigenvalue weighted by molar-refractivity contribution is 6.02. The van der Waals surface area contributed by atoms with Crippen LogP contribution in [0.5, 0.6) is 0 Å². The summed E-state index contributed by atoms with van der Waals surface area (Å²) in [4.78, 5) is 21.2. The number of carbonyl (C=O) groups is 1. The zero-order valence-corrected chi connectivity index (χ0v) is 15.6. The third-order valence-electron chi connectivity index (χ3n) is 6.00. The lowest BCUT2D eigenvalue weighted by Gasteiger charge is -2.34. The number of hydrogen-bond donors (Lipinski definition) is 2. The molecule has 2 aromatic rings. The van der Waals surface area contributed by atoms with Crippen molar-refractivity contribution in [2.24, 2.45) is 0 Å². The number of fused-ring (bicyclic) bond motifs is 2. The maximum atomic E-state index is 12.9. The van der Waals surface area contributed by atoms with E-state index in [4.69, 9.17) is 0 Å². The van der Waals surface area contributed by atoms with Crippen LogP contribution in [0.25, 0.3) is 10.9 Å². The number of hydrogen-bond acceptors (Lipinski definition) is 3. The summed E-state index contributed by atoms with van der Waals surface area (Å²) in [6.45, 7) is 10.6. The number of nitrogens with zero attached hydrogens (tertiary/aromatic N) is 2. The minimum atomic E-state index is 0.0331. The van der Waals surface area contributed by atoms with E-state index in [2.05, 4.69) is 53.1 Å². The number of aromatic nitrogens is 1. The van der Waals surface area contributed by atoms with E-state index in [1.54, 1.807) is 0 Å². The molecule has 2 aliphatic heterocycles. The third kappa shape index (κ3) is 2.85. The van der Waals surface area contributed by atoms with Crippen LogP contribution in [0, 0.1) is 20.8 Å². The quantitative estimate of drug-likeness (QED) is 0.881. The Morgan fingerprint density at radius 1 is 1.16 bits per heavy atom. The summed E-state index contributed by atoms with van der Waals surface area (Å²) in [6.07, 6.45) is 1.05. The molecule has 3 heterocycles. The highest BCUT2D eigenvalue weighted by Gasteiger charge is 2.36. The Hall–Kier alpha value is -1.85. The SMILES string of the molecule is Cc1ccc(C)c2c(C)c(C(=O)N[C@H]3C[C@H]4CN(C)CCN4C3)[nH]c12. The molecule has 4 rings (SSSR count). The summed E-state index contributed by atoms with van der Waals surface area (Å²) in [5.41, 5.74) is 5.27. The van der Waals surface area contributed by atoms with Crippen molar-refractivity contribution in [2.45, 2.75) is 39.3 Å². The molecule has 0 unspecified atom stereocenters. The van der Waals surface area contributed by atoms with Crippen LogP contribution in [0.2, 0.25) is 0 Å². The summed E-state index contributed by atoms with van der Waals surface area (Å²) in [6, 6.07) is 5.07. The Kier molecular flexibility index (Phi) is 4.08. The van der Waals surface area contributed by atoms with Gasteiger partial charge >= 0.3 is 0 Å². The Balaban J connectivity index is 1.54. The molecule has 5 heteroatoms. The van der Waals surface area contributed by atoms with Crippen LogP contribution < -0.4 is 5.32 Å². The highest BCUT2D eigenvalue weighted by atomic mass is 16.2. The predicted molar refractivity (Wildman–Crippen MR) is 101 cm³/mol. The van der Waals surface area contributed by atoms with E-state index in [1.165, 1.54) is 16.5 Å². The van der Waals surface area contributed by atoms with E-state index in [9.17, 15) is 4.79 Å². The fourth-order valence-corrected chi connectivity index (χ4v) is 4.59. The van der Waals surface area contributed by atoms with E-state index < -0.39 is 0 Å². The molecule has 1 aromatic heterocycles. The minimum absolute atomic E-state index is 0.0331. The number of rotatable bonds is 2. The first-order chi connectivity index (χ1) is 11.9. The van der Waals surface area contributed by atoms with Crippen LogP contribution in [0.1, 0.15) is 33.6 Å². The molecule has 2 saturated heterocycles. The van der Waals surface area contributed by atoms with E-state index in [0.717, 1.165) is 49.4 Å². The molecule has 0 spiro atoms. The van der Waals surface area contributed by atoms with Crippen molar-refractivity contribution in [3.63, 3.8) is 0 Å². The van der Waals surface area contributed by atoms with Crippen molar-refractivity contribution in [3.05, 3.63) is 34.5 Å². The van der Waals surface area contributed by atoms with Gasteiger partial charge < -0.3 is 15.2 Å². The Morgan fingerprint density at radius 2 is 1.92 bits per heavy atom. The van der Waals surface area contributed by atoms with Gasteiger partial charge in [-0.05, 0) is 50.9 Å². The molecule has 1 amide bonds. The molecule has 0 saturated carbocycles. The average Bonchev–Trinajstić information content (AvgIpc) is 3.12. The first-order valence-corrected chi connectivity index (χ1v) is 9.26. The molecule has 134 valence electrons. The van der Waals surface area contributed by atoms with Crippen molar-refractivity contribution < 1.29 is 4.79 Å². The van der Waals surface area contributed by atoms with E-state index in [1.807, 2.05) is 6.92 Å². The summed E-state index contributed by atoms with van der Waals surface area (Å²) in [7, 11) is 2.18. The van der Waals surface area contributed by atoms with Crippen LogP contribution in [0.3, 0.4) is 0 Å². The predicted octanol–water partition coefficient (Wildman–Crippen LogP) is 2.21. The van der Waals surface area contributed by atoms with E-state index in [-0.39, 0.29) is 11.9 Å². The van der Waals surface area contributed by atoms with Crippen LogP contribution >= 0.6 is 0 Å². The second-order valence-electron chi connectivity index (χ2n) is 7.89. The van der Waals surface area contributed by atoms with Gasteiger partial charge in [-0.15, -0.1) is 0 Å². The van der Waals surface area contributed by atoms with Gasteiger partial charge in [0.25, 0.3) is 5.91 Å². The fourth-order valence-electron chi connectivity index (χ4n) is 4.59. The number of aryl methyl sites for hydroxylation is 3. The van der Waals surface area contributed by atoms with Gasteiger partial charge in [-0.25, -0.2) is 0 Å². The molecule has 5 nitrogen and oxygen atoms in total. The van der Waals surface area contributed by atoms with Gasteiger partial charge in [0.15, 0.2) is 0 Å². The summed E-state index contributed by atoms with van der Waals surface area (Å²) >= 11 is 0. The Labute approximate surface area is 149 Å². The fraction of sp³-hybridized carbons (Fsp3) is 0.550. The molecular weight excluding hydrogens is 312 g/mol. The normalized spacial score (nSPS) is 24.6. The van der Waals surface area contributed by atoms with Gasteiger partial charge in [0.1, 0.15) is 5.69 Å². The largest absolute Gasteiger partial charge is 0.350 e. The molecule has 2 fully saturated rings.